The van der Waals surface area contributed by atoms with Crippen LogP contribution < -0.4 is 0 Å². The molecule has 0 heterocycles. The van der Waals surface area contributed by atoms with Crippen molar-refractivity contribution in [3.8, 4) is 0 Å². The summed E-state index contributed by atoms with van der Waals surface area (Å²) in [7, 11) is 0. The maximum Gasteiger partial charge on any atom is -0.0315 e. The quantitative estimate of drug-likeness (QED) is 0.526. The summed E-state index contributed by atoms with van der Waals surface area (Å²) in [6.07, 6.45) is 5.03. The van der Waals surface area contributed by atoms with Gasteiger partial charge in [0, 0.05) is 0 Å². The fourth-order valence-electron chi connectivity index (χ4n) is 6.41. The molecule has 0 aromatic carbocycles. The lowest BCUT2D eigenvalue weighted by molar-refractivity contribution is 0.335. The van der Waals surface area contributed by atoms with Crippen LogP contribution in [0.2, 0.25) is 0 Å². The highest BCUT2D eigenvalue weighted by molar-refractivity contribution is 5.29. The summed E-state index contributed by atoms with van der Waals surface area (Å²) in [6, 6.07) is 0. The summed E-state index contributed by atoms with van der Waals surface area (Å²) in [5.41, 5.74) is 0. The van der Waals surface area contributed by atoms with Crippen LogP contribution in [0.15, 0.2) is 0 Å². The molecule has 13 heavy (non-hydrogen) atoms. The predicted octanol–water partition coefficient (Wildman–Crippen LogP) is 2.40. The molecule has 0 radical (unpaired) electrons. The third-order valence-electron chi connectivity index (χ3n) is 6.83. The van der Waals surface area contributed by atoms with Crippen molar-refractivity contribution in [1.29, 1.82) is 0 Å². The Morgan fingerprint density at radius 3 is 1.08 bits per heavy atom. The number of hydrogen-bond donors (Lipinski definition) is 0. The van der Waals surface area contributed by atoms with Crippen LogP contribution in [-0.2, 0) is 0 Å². The summed E-state index contributed by atoms with van der Waals surface area (Å²) in [5, 5.41) is 0. The SMILES string of the molecule is C1[C@@H]2C3[C@H]4C[C@H]4C4C(C4[C@@H]4C[C@H]34)[C@H]12. The summed E-state index contributed by atoms with van der Waals surface area (Å²) >= 11 is 0. The van der Waals surface area contributed by atoms with E-state index in [1.807, 2.05) is 0 Å². The van der Waals surface area contributed by atoms with E-state index in [2.05, 4.69) is 0 Å². The average Bonchev–Trinajstić information content (AvgIpc) is 2.88. The van der Waals surface area contributed by atoms with Crippen molar-refractivity contribution in [2.24, 2.45) is 59.2 Å². The molecule has 7 fully saturated rings. The third kappa shape index (κ3) is 0.444. The minimum atomic E-state index is 1.27. The molecule has 7 aliphatic rings. The maximum atomic E-state index is 1.68. The zero-order valence-electron chi connectivity index (χ0n) is 7.89. The Morgan fingerprint density at radius 2 is 0.692 bits per heavy atom. The van der Waals surface area contributed by atoms with Crippen LogP contribution in [0, 0.1) is 59.2 Å². The van der Waals surface area contributed by atoms with E-state index in [1.54, 1.807) is 19.3 Å². The molecule has 0 heteroatoms. The molecule has 0 saturated heterocycles. The standard InChI is InChI=1S/C13H16/c1-4-7(1)11-12-8-2-5(8)10(4)6-3-9(6)13(11)12/h4-13H,1-3H2/t4-,5-,6-,7+,8+,9+,10?,11?,12?,13?/m0/s1. The molecule has 0 aliphatic heterocycles. The lowest BCUT2D eigenvalue weighted by atomic mass is 9.91. The van der Waals surface area contributed by atoms with E-state index in [1.165, 1.54) is 59.2 Å². The van der Waals surface area contributed by atoms with Gasteiger partial charge >= 0.3 is 0 Å². The number of hydrogen-bond acceptors (Lipinski definition) is 0. The molecule has 68 valence electrons. The highest BCUT2D eigenvalue weighted by atomic mass is 14.9. The molecular formula is C13H16. The maximum absolute atomic E-state index is 1.68. The Labute approximate surface area is 79.1 Å². The third-order valence-corrected chi connectivity index (χ3v) is 6.83. The monoisotopic (exact) mass is 172 g/mol. The minimum Gasteiger partial charge on any atom is -0.0465 e. The topological polar surface area (TPSA) is 0 Å². The molecule has 0 unspecified atom stereocenters. The molecule has 7 rings (SSSR count). The second kappa shape index (κ2) is 1.33. The van der Waals surface area contributed by atoms with Gasteiger partial charge in [-0.3, -0.25) is 0 Å². The first-order chi connectivity index (χ1) is 6.45. The van der Waals surface area contributed by atoms with Crippen LogP contribution in [0.1, 0.15) is 19.3 Å². The Kier molecular flexibility index (Phi) is 0.593. The molecular weight excluding hydrogens is 156 g/mol. The van der Waals surface area contributed by atoms with Crippen molar-refractivity contribution in [3.63, 3.8) is 0 Å². The van der Waals surface area contributed by atoms with E-state index < -0.39 is 0 Å². The Morgan fingerprint density at radius 1 is 0.385 bits per heavy atom. The molecule has 0 N–H and O–H groups in total. The Bertz CT molecular complexity index is 275. The predicted molar refractivity (Wildman–Crippen MR) is 48.8 cm³/mol. The lowest BCUT2D eigenvalue weighted by Crippen LogP contribution is -2.09. The molecule has 7 saturated carbocycles. The fraction of sp³-hybridized carbons (Fsp3) is 1.00. The summed E-state index contributed by atoms with van der Waals surface area (Å²) < 4.78 is 0. The first-order valence-electron chi connectivity index (χ1n) is 6.45. The van der Waals surface area contributed by atoms with Gasteiger partial charge in [0.2, 0.25) is 0 Å². The second-order valence-corrected chi connectivity index (χ2v) is 7.00. The summed E-state index contributed by atoms with van der Waals surface area (Å²) in [5.74, 6) is 12.8. The van der Waals surface area contributed by atoms with E-state index in [9.17, 15) is 0 Å². The van der Waals surface area contributed by atoms with E-state index in [0.717, 1.165) is 0 Å². The van der Waals surface area contributed by atoms with Crippen LogP contribution in [0.5, 0.6) is 0 Å². The van der Waals surface area contributed by atoms with Crippen LogP contribution in [-0.4, -0.2) is 0 Å². The van der Waals surface area contributed by atoms with Crippen molar-refractivity contribution < 1.29 is 0 Å². The van der Waals surface area contributed by atoms with Crippen molar-refractivity contribution in [2.45, 2.75) is 19.3 Å². The molecule has 6 atom stereocenters. The Balaban J connectivity index is 1.66. The van der Waals surface area contributed by atoms with Gasteiger partial charge in [0.25, 0.3) is 0 Å². The highest BCUT2D eigenvalue weighted by Crippen LogP contribution is 2.86. The van der Waals surface area contributed by atoms with E-state index >= 15 is 0 Å². The molecule has 7 aliphatic carbocycles. The molecule has 0 aromatic heterocycles. The van der Waals surface area contributed by atoms with Crippen LogP contribution >= 0.6 is 0 Å². The lowest BCUT2D eigenvalue weighted by Gasteiger charge is -2.13. The van der Waals surface area contributed by atoms with Crippen molar-refractivity contribution >= 4 is 0 Å². The van der Waals surface area contributed by atoms with Gasteiger partial charge in [-0.15, -0.1) is 0 Å². The summed E-state index contributed by atoms with van der Waals surface area (Å²) in [6.45, 7) is 0. The molecule has 4 bridgehead atoms. The van der Waals surface area contributed by atoms with Crippen LogP contribution in [0.3, 0.4) is 0 Å². The van der Waals surface area contributed by atoms with Gasteiger partial charge < -0.3 is 0 Å². The second-order valence-electron chi connectivity index (χ2n) is 7.00. The van der Waals surface area contributed by atoms with E-state index in [-0.39, 0.29) is 0 Å². The molecule has 0 nitrogen and oxygen atoms in total. The van der Waals surface area contributed by atoms with E-state index in [4.69, 9.17) is 0 Å². The smallest absolute Gasteiger partial charge is 0.0315 e. The largest absolute Gasteiger partial charge is 0.0465 e. The van der Waals surface area contributed by atoms with Gasteiger partial charge in [0.05, 0.1) is 0 Å². The molecule has 0 spiro atoms. The normalized spacial score (nSPS) is 88.6. The average molecular weight is 172 g/mol. The Hall–Kier alpha value is 0. The van der Waals surface area contributed by atoms with Crippen molar-refractivity contribution in [3.05, 3.63) is 0 Å². The van der Waals surface area contributed by atoms with Gasteiger partial charge in [-0.1, -0.05) is 0 Å². The van der Waals surface area contributed by atoms with Crippen LogP contribution in [0.4, 0.5) is 0 Å². The number of rotatable bonds is 0. The first-order valence-corrected chi connectivity index (χ1v) is 6.45. The highest BCUT2D eigenvalue weighted by Gasteiger charge is 2.81. The van der Waals surface area contributed by atoms with Gasteiger partial charge in [-0.2, -0.15) is 0 Å². The van der Waals surface area contributed by atoms with Gasteiger partial charge in [0.15, 0.2) is 0 Å². The molecule has 0 aromatic rings. The van der Waals surface area contributed by atoms with Crippen LogP contribution in [0.25, 0.3) is 0 Å². The summed E-state index contributed by atoms with van der Waals surface area (Å²) in [4.78, 5) is 0. The van der Waals surface area contributed by atoms with Crippen molar-refractivity contribution in [1.82, 2.24) is 0 Å². The van der Waals surface area contributed by atoms with Gasteiger partial charge in [-0.05, 0) is 78.4 Å². The zero-order chi connectivity index (χ0) is 7.89. The zero-order valence-corrected chi connectivity index (χ0v) is 7.89. The minimum absolute atomic E-state index is 1.27. The first kappa shape index (κ1) is 5.78. The van der Waals surface area contributed by atoms with Gasteiger partial charge in [0.1, 0.15) is 0 Å². The van der Waals surface area contributed by atoms with Crippen molar-refractivity contribution in [2.75, 3.05) is 0 Å². The fourth-order valence-corrected chi connectivity index (χ4v) is 6.41. The molecule has 0 amide bonds. The van der Waals surface area contributed by atoms with Gasteiger partial charge in [-0.25, -0.2) is 0 Å². The van der Waals surface area contributed by atoms with E-state index in [0.29, 0.717) is 0 Å².